The fraction of sp³-hybridized carbons (Fsp3) is 0.263. The highest BCUT2D eigenvalue weighted by atomic mass is 16.1. The van der Waals surface area contributed by atoms with Crippen molar-refractivity contribution in [1.82, 2.24) is 0 Å². The average Bonchev–Trinajstić information content (AvgIpc) is 2.46. The highest BCUT2D eigenvalue weighted by Gasteiger charge is 2.46. The van der Waals surface area contributed by atoms with Crippen molar-refractivity contribution in [2.45, 2.75) is 20.3 Å². The SMILES string of the molecule is CC1(C)Cc2ccccc2C2=Nc3ccccc3C(=O)[C@@H]21. The Kier molecular flexibility index (Phi) is 2.47. The van der Waals surface area contributed by atoms with Gasteiger partial charge in [0.25, 0.3) is 0 Å². The summed E-state index contributed by atoms with van der Waals surface area (Å²) in [5, 5.41) is 0. The van der Waals surface area contributed by atoms with Crippen LogP contribution in [-0.2, 0) is 6.42 Å². The molecule has 0 saturated carbocycles. The molecule has 1 heterocycles. The Balaban J connectivity index is 2.03. The summed E-state index contributed by atoms with van der Waals surface area (Å²) in [4.78, 5) is 17.8. The van der Waals surface area contributed by atoms with E-state index in [0.29, 0.717) is 0 Å². The number of carbonyl (C=O) groups excluding carboxylic acids is 1. The van der Waals surface area contributed by atoms with E-state index in [0.717, 1.165) is 28.9 Å². The molecule has 0 fully saturated rings. The molecule has 21 heavy (non-hydrogen) atoms. The molecule has 104 valence electrons. The maximum atomic E-state index is 13.0. The van der Waals surface area contributed by atoms with Crippen molar-refractivity contribution in [2.24, 2.45) is 16.3 Å². The molecular weight excluding hydrogens is 258 g/mol. The van der Waals surface area contributed by atoms with Crippen LogP contribution in [0.2, 0.25) is 0 Å². The van der Waals surface area contributed by atoms with E-state index in [-0.39, 0.29) is 17.1 Å². The largest absolute Gasteiger partial charge is 0.293 e. The van der Waals surface area contributed by atoms with Gasteiger partial charge >= 0.3 is 0 Å². The zero-order valence-electron chi connectivity index (χ0n) is 12.3. The molecule has 2 heteroatoms. The van der Waals surface area contributed by atoms with Crippen LogP contribution in [-0.4, -0.2) is 11.5 Å². The maximum Gasteiger partial charge on any atom is 0.174 e. The lowest BCUT2D eigenvalue weighted by Gasteiger charge is -2.41. The van der Waals surface area contributed by atoms with E-state index in [1.807, 2.05) is 30.3 Å². The summed E-state index contributed by atoms with van der Waals surface area (Å²) >= 11 is 0. The van der Waals surface area contributed by atoms with Crippen LogP contribution in [0.15, 0.2) is 53.5 Å². The lowest BCUT2D eigenvalue weighted by Crippen LogP contribution is -2.44. The van der Waals surface area contributed by atoms with Crippen molar-refractivity contribution in [3.8, 4) is 0 Å². The van der Waals surface area contributed by atoms with Crippen molar-refractivity contribution >= 4 is 17.2 Å². The number of fused-ring (bicyclic) bond motifs is 4. The molecule has 2 aromatic carbocycles. The van der Waals surface area contributed by atoms with Crippen LogP contribution in [0.25, 0.3) is 0 Å². The quantitative estimate of drug-likeness (QED) is 0.708. The van der Waals surface area contributed by atoms with Gasteiger partial charge in [0.2, 0.25) is 0 Å². The molecule has 0 N–H and O–H groups in total. The number of aliphatic imine (C=N–C) groups is 1. The van der Waals surface area contributed by atoms with Gasteiger partial charge in [0.05, 0.1) is 17.3 Å². The molecule has 4 rings (SSSR count). The van der Waals surface area contributed by atoms with Gasteiger partial charge in [-0.25, -0.2) is 0 Å². The molecule has 0 spiro atoms. The number of hydrogen-bond acceptors (Lipinski definition) is 2. The summed E-state index contributed by atoms with van der Waals surface area (Å²) in [7, 11) is 0. The van der Waals surface area contributed by atoms with Gasteiger partial charge in [-0.1, -0.05) is 50.2 Å². The van der Waals surface area contributed by atoms with Gasteiger partial charge in [-0.15, -0.1) is 0 Å². The van der Waals surface area contributed by atoms with Crippen LogP contribution in [0, 0.1) is 11.3 Å². The Morgan fingerprint density at radius 1 is 1.00 bits per heavy atom. The summed E-state index contributed by atoms with van der Waals surface area (Å²) in [6.07, 6.45) is 0.917. The Morgan fingerprint density at radius 3 is 2.48 bits per heavy atom. The van der Waals surface area contributed by atoms with E-state index >= 15 is 0 Å². The first-order chi connectivity index (χ1) is 10.1. The number of Topliss-reactive ketones (excluding diaryl/α,β-unsaturated/α-hetero) is 1. The third kappa shape index (κ3) is 1.72. The number of benzene rings is 2. The number of hydrogen-bond donors (Lipinski definition) is 0. The van der Waals surface area contributed by atoms with Crippen molar-refractivity contribution in [2.75, 3.05) is 0 Å². The number of para-hydroxylation sites is 1. The molecule has 2 nitrogen and oxygen atoms in total. The van der Waals surface area contributed by atoms with Crippen molar-refractivity contribution in [3.05, 3.63) is 65.2 Å². The molecule has 2 aliphatic rings. The summed E-state index contributed by atoms with van der Waals surface area (Å²) < 4.78 is 0. The smallest absolute Gasteiger partial charge is 0.174 e. The third-order valence-electron chi connectivity index (χ3n) is 4.67. The average molecular weight is 275 g/mol. The molecule has 0 aromatic heterocycles. The Labute approximate surface area is 124 Å². The Hall–Kier alpha value is -2.22. The van der Waals surface area contributed by atoms with E-state index in [9.17, 15) is 4.79 Å². The minimum atomic E-state index is -0.137. The number of carbonyl (C=O) groups is 1. The molecular formula is C19H17NO. The third-order valence-corrected chi connectivity index (χ3v) is 4.67. The minimum absolute atomic E-state index is 0.0994. The normalized spacial score (nSPS) is 21.9. The van der Waals surface area contributed by atoms with Crippen LogP contribution >= 0.6 is 0 Å². The zero-order valence-corrected chi connectivity index (χ0v) is 12.3. The molecule has 1 aliphatic carbocycles. The van der Waals surface area contributed by atoms with Gasteiger partial charge in [0.1, 0.15) is 0 Å². The summed E-state index contributed by atoms with van der Waals surface area (Å²) in [5.74, 6) is 0.0809. The Bertz CT molecular complexity index is 786. The predicted octanol–water partition coefficient (Wildman–Crippen LogP) is 4.20. The van der Waals surface area contributed by atoms with Crippen molar-refractivity contribution in [1.29, 1.82) is 0 Å². The monoisotopic (exact) mass is 275 g/mol. The Morgan fingerprint density at radius 2 is 1.67 bits per heavy atom. The number of nitrogens with zero attached hydrogens (tertiary/aromatic N) is 1. The lowest BCUT2D eigenvalue weighted by molar-refractivity contribution is 0.0867. The van der Waals surface area contributed by atoms with Gasteiger partial charge in [0.15, 0.2) is 5.78 Å². The van der Waals surface area contributed by atoms with E-state index in [1.165, 1.54) is 5.56 Å². The molecule has 0 unspecified atom stereocenters. The van der Waals surface area contributed by atoms with Crippen LogP contribution < -0.4 is 0 Å². The van der Waals surface area contributed by atoms with E-state index in [4.69, 9.17) is 4.99 Å². The first kappa shape index (κ1) is 12.5. The molecule has 2 aromatic rings. The van der Waals surface area contributed by atoms with Crippen molar-refractivity contribution < 1.29 is 4.79 Å². The van der Waals surface area contributed by atoms with E-state index < -0.39 is 0 Å². The fourth-order valence-electron chi connectivity index (χ4n) is 3.71. The fourth-order valence-corrected chi connectivity index (χ4v) is 3.71. The van der Waals surface area contributed by atoms with Crippen molar-refractivity contribution in [3.63, 3.8) is 0 Å². The van der Waals surface area contributed by atoms with Crippen LogP contribution in [0.1, 0.15) is 35.3 Å². The summed E-state index contributed by atoms with van der Waals surface area (Å²) in [6.45, 7) is 4.35. The summed E-state index contributed by atoms with van der Waals surface area (Å²) in [6, 6.07) is 16.0. The van der Waals surface area contributed by atoms with Crippen LogP contribution in [0.5, 0.6) is 0 Å². The molecule has 0 radical (unpaired) electrons. The lowest BCUT2D eigenvalue weighted by atomic mass is 9.62. The van der Waals surface area contributed by atoms with Crippen LogP contribution in [0.3, 0.4) is 0 Å². The maximum absolute atomic E-state index is 13.0. The highest BCUT2D eigenvalue weighted by Crippen LogP contribution is 2.45. The minimum Gasteiger partial charge on any atom is -0.293 e. The number of rotatable bonds is 0. The van der Waals surface area contributed by atoms with Gasteiger partial charge in [-0.2, -0.15) is 0 Å². The zero-order chi connectivity index (χ0) is 14.6. The molecule has 1 atom stereocenters. The summed E-state index contributed by atoms with van der Waals surface area (Å²) in [5.41, 5.74) is 4.86. The highest BCUT2D eigenvalue weighted by molar-refractivity contribution is 6.24. The van der Waals surface area contributed by atoms with Gasteiger partial charge in [-0.3, -0.25) is 9.79 Å². The van der Waals surface area contributed by atoms with Gasteiger partial charge in [0, 0.05) is 5.56 Å². The second-order valence-electron chi connectivity index (χ2n) is 6.63. The standard InChI is InChI=1S/C19H17NO/c1-19(2)11-12-7-3-4-8-13(12)17-16(19)18(21)14-9-5-6-10-15(14)20-17/h3-10,16H,11H2,1-2H3/t16-/m1/s1. The first-order valence-electron chi connectivity index (χ1n) is 7.38. The molecule has 0 saturated heterocycles. The molecule has 0 amide bonds. The number of ketones is 1. The predicted molar refractivity (Wildman–Crippen MR) is 84.4 cm³/mol. The van der Waals surface area contributed by atoms with E-state index in [1.54, 1.807) is 0 Å². The molecule has 0 bridgehead atoms. The van der Waals surface area contributed by atoms with Crippen LogP contribution in [0.4, 0.5) is 5.69 Å². The second kappa shape index (κ2) is 4.14. The topological polar surface area (TPSA) is 29.4 Å². The van der Waals surface area contributed by atoms with E-state index in [2.05, 4.69) is 32.0 Å². The molecule has 1 aliphatic heterocycles. The second-order valence-corrected chi connectivity index (χ2v) is 6.63. The van der Waals surface area contributed by atoms with Gasteiger partial charge < -0.3 is 0 Å². The van der Waals surface area contributed by atoms with Gasteiger partial charge in [-0.05, 0) is 35.1 Å². The first-order valence-corrected chi connectivity index (χ1v) is 7.38.